The molecule has 1 unspecified atom stereocenters. The van der Waals surface area contributed by atoms with Crippen LogP contribution in [0.2, 0.25) is 0 Å². The molecule has 0 aliphatic carbocycles. The molecule has 0 bridgehead atoms. The van der Waals surface area contributed by atoms with E-state index in [0.717, 1.165) is 0 Å². The van der Waals surface area contributed by atoms with Crippen molar-refractivity contribution >= 4 is 7.60 Å². The zero-order valence-electron chi connectivity index (χ0n) is 2.80. The van der Waals surface area contributed by atoms with Crippen LogP contribution in [0.3, 0.4) is 0 Å². The Bertz CT molecular complexity index is 74.9. The van der Waals surface area contributed by atoms with Crippen molar-refractivity contribution in [2.24, 2.45) is 0 Å². The Morgan fingerprint density at radius 2 is 2.17 bits per heavy atom. The quantitative estimate of drug-likeness (QED) is 0.513. The van der Waals surface area contributed by atoms with E-state index >= 15 is 0 Å². The second-order valence-electron chi connectivity index (χ2n) is 0.706. The van der Waals surface area contributed by atoms with E-state index in [1.165, 1.54) is 0 Å². The van der Waals surface area contributed by atoms with Gasteiger partial charge in [0.25, 0.3) is 0 Å². The lowest BCUT2D eigenvalue weighted by molar-refractivity contribution is -0.0158. The molecule has 0 aromatic rings. The van der Waals surface area contributed by atoms with Crippen LogP contribution in [0.25, 0.3) is 0 Å². The van der Waals surface area contributed by atoms with Crippen LogP contribution in [0.5, 0.6) is 0 Å². The average molecular weight is 113 g/mol. The second-order valence-corrected chi connectivity index (χ2v) is 2.12. The standard InChI is InChI=1S/CH3FO3P/c1-6(3,4)5-2/h1H2,(H,3,4). The highest BCUT2D eigenvalue weighted by Crippen LogP contribution is 2.39. The number of hydrogen-bond donors (Lipinski definition) is 1. The van der Waals surface area contributed by atoms with Crippen LogP contribution >= 0.6 is 7.60 Å². The van der Waals surface area contributed by atoms with Gasteiger partial charge in [-0.2, -0.15) is 0 Å². The lowest BCUT2D eigenvalue weighted by atomic mass is 12.0. The topological polar surface area (TPSA) is 46.5 Å². The van der Waals surface area contributed by atoms with E-state index in [2.05, 4.69) is 11.4 Å². The Balaban J connectivity index is 3.48. The molecule has 0 saturated carbocycles. The summed E-state index contributed by atoms with van der Waals surface area (Å²) >= 11 is 0. The van der Waals surface area contributed by atoms with E-state index in [-0.39, 0.29) is 0 Å². The van der Waals surface area contributed by atoms with Crippen molar-refractivity contribution in [3.8, 4) is 0 Å². The van der Waals surface area contributed by atoms with Crippen molar-refractivity contribution in [1.29, 1.82) is 0 Å². The van der Waals surface area contributed by atoms with E-state index in [9.17, 15) is 9.09 Å². The summed E-state index contributed by atoms with van der Waals surface area (Å²) in [7, 11) is -4.06. The molecule has 1 radical (unpaired) electrons. The minimum absolute atomic E-state index is 2.40. The monoisotopic (exact) mass is 113 g/mol. The van der Waals surface area contributed by atoms with Gasteiger partial charge in [-0.1, -0.05) is 0 Å². The largest absolute Gasteiger partial charge is 0.361 e. The van der Waals surface area contributed by atoms with Crippen molar-refractivity contribution in [2.75, 3.05) is 0 Å². The summed E-state index contributed by atoms with van der Waals surface area (Å²) in [5.41, 5.74) is 0. The average Bonchev–Trinajstić information content (AvgIpc) is 1.35. The maximum atomic E-state index is 10.4. The molecule has 0 rings (SSSR count). The molecular formula is CH3FO3P. The summed E-state index contributed by atoms with van der Waals surface area (Å²) in [5, 5.41) is 0. The zero-order valence-corrected chi connectivity index (χ0v) is 3.69. The van der Waals surface area contributed by atoms with Gasteiger partial charge in [-0.15, -0.1) is 4.73 Å². The molecule has 5 heteroatoms. The van der Waals surface area contributed by atoms with Gasteiger partial charge in [-0.3, -0.25) is 4.57 Å². The molecule has 0 heterocycles. The molecule has 0 aliphatic rings. The van der Waals surface area contributed by atoms with Crippen molar-refractivity contribution in [3.63, 3.8) is 0 Å². The minimum Gasteiger partial charge on any atom is -0.323 e. The molecule has 3 nitrogen and oxygen atoms in total. The van der Waals surface area contributed by atoms with Crippen molar-refractivity contribution in [2.45, 2.75) is 0 Å². The first kappa shape index (κ1) is 6.08. The highest BCUT2D eigenvalue weighted by atomic mass is 31.2. The molecule has 0 amide bonds. The summed E-state index contributed by atoms with van der Waals surface area (Å²) in [6.45, 7) is 2.40. The van der Waals surface area contributed by atoms with E-state index < -0.39 is 7.60 Å². The van der Waals surface area contributed by atoms with Gasteiger partial charge in [-0.05, 0) is 4.53 Å². The predicted molar refractivity (Wildman–Crippen MR) is 17.4 cm³/mol. The van der Waals surface area contributed by atoms with Crippen LogP contribution in [0.1, 0.15) is 0 Å². The van der Waals surface area contributed by atoms with Crippen LogP contribution in [0, 0.1) is 6.66 Å². The van der Waals surface area contributed by atoms with Crippen molar-refractivity contribution in [3.05, 3.63) is 6.66 Å². The van der Waals surface area contributed by atoms with Crippen LogP contribution in [0.15, 0.2) is 0 Å². The van der Waals surface area contributed by atoms with Gasteiger partial charge in [-0.25, -0.2) is 0 Å². The third-order valence-electron chi connectivity index (χ3n) is 0.108. The van der Waals surface area contributed by atoms with Gasteiger partial charge in [0, 0.05) is 0 Å². The van der Waals surface area contributed by atoms with Gasteiger partial charge in [0.15, 0.2) is 0 Å². The van der Waals surface area contributed by atoms with E-state index in [1.807, 2.05) is 0 Å². The van der Waals surface area contributed by atoms with Gasteiger partial charge < -0.3 is 4.89 Å². The fourth-order valence-electron chi connectivity index (χ4n) is 0. The van der Waals surface area contributed by atoms with Crippen LogP contribution in [-0.2, 0) is 9.29 Å². The maximum Gasteiger partial charge on any atom is 0.361 e. The predicted octanol–water partition coefficient (Wildman–Crippen LogP) is 0.864. The van der Waals surface area contributed by atoms with E-state index in [0.29, 0.717) is 0 Å². The smallest absolute Gasteiger partial charge is 0.323 e. The van der Waals surface area contributed by atoms with E-state index in [4.69, 9.17) is 4.89 Å². The van der Waals surface area contributed by atoms with Crippen molar-refractivity contribution < 1.29 is 18.7 Å². The fourth-order valence-corrected chi connectivity index (χ4v) is 0. The molecule has 0 saturated heterocycles. The molecular weight excluding hydrogens is 110 g/mol. The van der Waals surface area contributed by atoms with Gasteiger partial charge in [0.05, 0.1) is 6.66 Å². The van der Waals surface area contributed by atoms with Gasteiger partial charge in [0.1, 0.15) is 0 Å². The molecule has 0 spiro atoms. The van der Waals surface area contributed by atoms with E-state index in [1.54, 1.807) is 0 Å². The molecule has 0 aromatic heterocycles. The van der Waals surface area contributed by atoms with Gasteiger partial charge in [0.2, 0.25) is 0 Å². The normalized spacial score (nSPS) is 19.8. The molecule has 0 fully saturated rings. The second kappa shape index (κ2) is 1.69. The minimum atomic E-state index is -4.06. The number of halogens is 1. The maximum absolute atomic E-state index is 10.4. The summed E-state index contributed by atoms with van der Waals surface area (Å²) in [6, 6.07) is 0. The number of rotatable bonds is 1. The summed E-state index contributed by atoms with van der Waals surface area (Å²) in [6.07, 6.45) is 0. The number of hydrogen-bond acceptors (Lipinski definition) is 2. The first-order chi connectivity index (χ1) is 2.56. The van der Waals surface area contributed by atoms with Crippen molar-refractivity contribution in [1.82, 2.24) is 0 Å². The van der Waals surface area contributed by atoms with Crippen LogP contribution in [0.4, 0.5) is 4.53 Å². The molecule has 0 aliphatic heterocycles. The third-order valence-corrected chi connectivity index (χ3v) is 0.323. The summed E-state index contributed by atoms with van der Waals surface area (Å²) in [5.74, 6) is 0. The Hall–Kier alpha value is 0.0800. The molecule has 1 N–H and O–H groups in total. The fraction of sp³-hybridized carbons (Fsp3) is 0. The Morgan fingerprint density at radius 1 is 2.00 bits per heavy atom. The van der Waals surface area contributed by atoms with Gasteiger partial charge >= 0.3 is 7.60 Å². The summed E-state index contributed by atoms with van der Waals surface area (Å²) in [4.78, 5) is 7.67. The zero-order chi connectivity index (χ0) is 5.21. The molecule has 6 heavy (non-hydrogen) atoms. The lowest BCUT2D eigenvalue weighted by Crippen LogP contribution is -1.66. The highest BCUT2D eigenvalue weighted by Gasteiger charge is 2.08. The molecule has 0 aromatic carbocycles. The first-order valence-corrected chi connectivity index (χ1v) is 2.80. The van der Waals surface area contributed by atoms with Crippen LogP contribution < -0.4 is 0 Å². The first-order valence-electron chi connectivity index (χ1n) is 1.04. The Kier molecular flexibility index (Phi) is 1.71. The highest BCUT2D eigenvalue weighted by molar-refractivity contribution is 7.53. The SMILES string of the molecule is [CH2]P(=O)(O)OF. The Labute approximate surface area is 34.2 Å². The Morgan fingerprint density at radius 3 is 2.17 bits per heavy atom. The summed E-state index contributed by atoms with van der Waals surface area (Å²) < 4.78 is 22.3. The van der Waals surface area contributed by atoms with Crippen LogP contribution in [-0.4, -0.2) is 4.89 Å². The molecule has 37 valence electrons. The molecule has 1 atom stereocenters. The lowest BCUT2D eigenvalue weighted by Gasteiger charge is -1.89. The third kappa shape index (κ3) is 4.08.